The van der Waals surface area contributed by atoms with Gasteiger partial charge in [-0.25, -0.2) is 0 Å². The molecule has 2 nitrogen and oxygen atoms in total. The third kappa shape index (κ3) is 3.29. The molecule has 0 amide bonds. The van der Waals surface area contributed by atoms with Crippen molar-refractivity contribution < 1.29 is 0 Å². The van der Waals surface area contributed by atoms with Crippen LogP contribution < -0.4 is 4.90 Å². The van der Waals surface area contributed by atoms with E-state index in [1.54, 1.807) is 0 Å². The molecule has 1 aromatic rings. The topological polar surface area (TPSA) is 16.1 Å². The predicted molar refractivity (Wildman–Crippen MR) is 77.2 cm³/mol. The van der Waals surface area contributed by atoms with Crippen LogP contribution in [0.25, 0.3) is 0 Å². The van der Waals surface area contributed by atoms with Crippen LogP contribution in [-0.2, 0) is 5.88 Å². The maximum atomic E-state index is 5.99. The lowest BCUT2D eigenvalue weighted by Crippen LogP contribution is -2.27. The van der Waals surface area contributed by atoms with Crippen molar-refractivity contribution in [2.45, 2.75) is 30.9 Å². The fraction of sp³-hybridized carbons (Fsp3) is 0.615. The Morgan fingerprint density at radius 1 is 1.47 bits per heavy atom. The SMILES string of the molecule is CC1(C)CCN(c2cnccc2CCl)CCS1. The molecular formula is C13H19ClN2S. The number of aromatic nitrogens is 1. The van der Waals surface area contributed by atoms with Crippen molar-refractivity contribution in [1.29, 1.82) is 0 Å². The average Bonchev–Trinajstić information content (AvgIpc) is 2.50. The fourth-order valence-corrected chi connectivity index (χ4v) is 3.40. The monoisotopic (exact) mass is 270 g/mol. The van der Waals surface area contributed by atoms with Gasteiger partial charge in [-0.1, -0.05) is 13.8 Å². The zero-order chi connectivity index (χ0) is 12.3. The Balaban J connectivity index is 2.17. The van der Waals surface area contributed by atoms with Gasteiger partial charge in [-0.05, 0) is 18.1 Å². The van der Waals surface area contributed by atoms with Crippen molar-refractivity contribution in [2.24, 2.45) is 0 Å². The van der Waals surface area contributed by atoms with Crippen molar-refractivity contribution in [3.8, 4) is 0 Å². The van der Waals surface area contributed by atoms with Gasteiger partial charge in [0.25, 0.3) is 0 Å². The van der Waals surface area contributed by atoms with Crippen LogP contribution in [0, 0.1) is 0 Å². The fourth-order valence-electron chi connectivity index (χ4n) is 2.07. The van der Waals surface area contributed by atoms with Gasteiger partial charge in [-0.3, -0.25) is 4.98 Å². The molecule has 0 N–H and O–H groups in total. The Hall–Kier alpha value is -0.410. The number of hydrogen-bond donors (Lipinski definition) is 0. The van der Waals surface area contributed by atoms with Crippen molar-refractivity contribution in [1.82, 2.24) is 4.98 Å². The van der Waals surface area contributed by atoms with E-state index >= 15 is 0 Å². The van der Waals surface area contributed by atoms with E-state index in [1.807, 2.05) is 18.5 Å². The second kappa shape index (κ2) is 5.49. The van der Waals surface area contributed by atoms with Crippen molar-refractivity contribution in [3.63, 3.8) is 0 Å². The normalized spacial score (nSPS) is 20.1. The number of nitrogens with zero attached hydrogens (tertiary/aromatic N) is 2. The summed E-state index contributed by atoms with van der Waals surface area (Å²) in [5.74, 6) is 1.73. The highest BCUT2D eigenvalue weighted by molar-refractivity contribution is 8.00. The molecule has 0 aliphatic carbocycles. The smallest absolute Gasteiger partial charge is 0.0597 e. The van der Waals surface area contributed by atoms with E-state index in [9.17, 15) is 0 Å². The zero-order valence-electron chi connectivity index (χ0n) is 10.4. The van der Waals surface area contributed by atoms with Gasteiger partial charge < -0.3 is 4.90 Å². The number of pyridine rings is 1. The maximum absolute atomic E-state index is 5.99. The van der Waals surface area contributed by atoms with Crippen molar-refractivity contribution in [3.05, 3.63) is 24.0 Å². The number of halogens is 1. The molecule has 1 saturated heterocycles. The molecule has 94 valence electrons. The van der Waals surface area contributed by atoms with E-state index in [0.717, 1.165) is 13.1 Å². The Morgan fingerprint density at radius 3 is 3.06 bits per heavy atom. The molecule has 0 radical (unpaired) electrons. The summed E-state index contributed by atoms with van der Waals surface area (Å²) < 4.78 is 0.387. The molecule has 4 heteroatoms. The van der Waals surface area contributed by atoms with Crippen molar-refractivity contribution in [2.75, 3.05) is 23.7 Å². The van der Waals surface area contributed by atoms with Crippen LogP contribution in [0.1, 0.15) is 25.8 Å². The maximum Gasteiger partial charge on any atom is 0.0597 e. The Bertz CT molecular complexity index is 381. The third-order valence-electron chi connectivity index (χ3n) is 3.21. The molecule has 0 bridgehead atoms. The van der Waals surface area contributed by atoms with Gasteiger partial charge in [0.05, 0.1) is 11.9 Å². The molecule has 0 unspecified atom stereocenters. The van der Waals surface area contributed by atoms with Gasteiger partial charge in [0.1, 0.15) is 0 Å². The quantitative estimate of drug-likeness (QED) is 0.765. The summed E-state index contributed by atoms with van der Waals surface area (Å²) in [6.07, 6.45) is 4.96. The summed E-state index contributed by atoms with van der Waals surface area (Å²) in [5, 5.41) is 0. The number of alkyl halides is 1. The van der Waals surface area contributed by atoms with Crippen LogP contribution in [0.2, 0.25) is 0 Å². The first-order chi connectivity index (χ1) is 8.12. The minimum absolute atomic E-state index is 0.387. The van der Waals surface area contributed by atoms with E-state index in [1.165, 1.54) is 23.4 Å². The summed E-state index contributed by atoms with van der Waals surface area (Å²) in [5.41, 5.74) is 2.40. The highest BCUT2D eigenvalue weighted by atomic mass is 35.5. The summed E-state index contributed by atoms with van der Waals surface area (Å²) >= 11 is 8.05. The zero-order valence-corrected chi connectivity index (χ0v) is 12.0. The number of thioether (sulfide) groups is 1. The lowest BCUT2D eigenvalue weighted by atomic mass is 10.1. The van der Waals surface area contributed by atoms with Gasteiger partial charge in [0, 0.05) is 35.7 Å². The molecule has 1 aliphatic rings. The lowest BCUT2D eigenvalue weighted by Gasteiger charge is -2.25. The minimum atomic E-state index is 0.387. The Labute approximate surface area is 113 Å². The molecule has 1 aliphatic heterocycles. The van der Waals surface area contributed by atoms with Gasteiger partial charge in [-0.2, -0.15) is 11.8 Å². The van der Waals surface area contributed by atoms with E-state index in [-0.39, 0.29) is 0 Å². The molecule has 0 aromatic carbocycles. The number of hydrogen-bond acceptors (Lipinski definition) is 3. The van der Waals surface area contributed by atoms with Crippen LogP contribution in [0.5, 0.6) is 0 Å². The predicted octanol–water partition coefficient (Wildman–Crippen LogP) is 3.54. The van der Waals surface area contributed by atoms with Gasteiger partial charge >= 0.3 is 0 Å². The van der Waals surface area contributed by atoms with Crippen LogP contribution >= 0.6 is 23.4 Å². The second-order valence-electron chi connectivity index (χ2n) is 4.98. The van der Waals surface area contributed by atoms with Crippen LogP contribution in [0.3, 0.4) is 0 Å². The van der Waals surface area contributed by atoms with Crippen LogP contribution in [-0.4, -0.2) is 28.6 Å². The van der Waals surface area contributed by atoms with E-state index in [0.29, 0.717) is 10.6 Å². The van der Waals surface area contributed by atoms with Crippen LogP contribution in [0.15, 0.2) is 18.5 Å². The Morgan fingerprint density at radius 2 is 2.29 bits per heavy atom. The van der Waals surface area contributed by atoms with E-state index < -0.39 is 0 Å². The largest absolute Gasteiger partial charge is 0.369 e. The second-order valence-corrected chi connectivity index (χ2v) is 7.05. The molecule has 1 aromatic heterocycles. The molecular weight excluding hydrogens is 252 g/mol. The van der Waals surface area contributed by atoms with Gasteiger partial charge in [0.2, 0.25) is 0 Å². The highest BCUT2D eigenvalue weighted by Gasteiger charge is 2.24. The van der Waals surface area contributed by atoms with E-state index in [2.05, 4.69) is 35.5 Å². The molecule has 0 saturated carbocycles. The van der Waals surface area contributed by atoms with Gasteiger partial charge in [0.15, 0.2) is 0 Å². The summed E-state index contributed by atoms with van der Waals surface area (Å²) in [6, 6.07) is 2.02. The Kier molecular flexibility index (Phi) is 4.21. The van der Waals surface area contributed by atoms with E-state index in [4.69, 9.17) is 11.6 Å². The van der Waals surface area contributed by atoms with Crippen LogP contribution in [0.4, 0.5) is 5.69 Å². The summed E-state index contributed by atoms with van der Waals surface area (Å²) in [7, 11) is 0. The molecule has 2 rings (SSSR count). The number of anilines is 1. The highest BCUT2D eigenvalue weighted by Crippen LogP contribution is 2.33. The average molecular weight is 271 g/mol. The molecule has 1 fully saturated rings. The molecule has 0 spiro atoms. The number of rotatable bonds is 2. The first-order valence-electron chi connectivity index (χ1n) is 6.00. The lowest BCUT2D eigenvalue weighted by molar-refractivity contribution is 0.637. The first-order valence-corrected chi connectivity index (χ1v) is 7.52. The first kappa shape index (κ1) is 13.0. The molecule has 2 heterocycles. The summed E-state index contributed by atoms with van der Waals surface area (Å²) in [6.45, 7) is 6.83. The molecule has 17 heavy (non-hydrogen) atoms. The van der Waals surface area contributed by atoms with Crippen molar-refractivity contribution >= 4 is 29.1 Å². The van der Waals surface area contributed by atoms with Gasteiger partial charge in [-0.15, -0.1) is 11.6 Å². The third-order valence-corrected chi connectivity index (χ3v) is 4.87. The standard InChI is InChI=1S/C13H19ClN2S/c1-13(2)4-6-16(7-8-17-13)12-10-15-5-3-11(12)9-14/h3,5,10H,4,6-9H2,1-2H3. The molecule has 0 atom stereocenters. The summed E-state index contributed by atoms with van der Waals surface area (Å²) in [4.78, 5) is 6.65. The minimum Gasteiger partial charge on any atom is -0.369 e.